The van der Waals surface area contributed by atoms with Gasteiger partial charge in [0.25, 0.3) is 10.1 Å². The van der Waals surface area contributed by atoms with Gasteiger partial charge in [0.05, 0.1) is 12.0 Å². The zero-order valence-electron chi connectivity index (χ0n) is 6.37. The van der Waals surface area contributed by atoms with Gasteiger partial charge in [-0.25, -0.2) is 0 Å². The minimum absolute atomic E-state index is 0.00486. The van der Waals surface area contributed by atoms with E-state index < -0.39 is 10.1 Å². The van der Waals surface area contributed by atoms with Gasteiger partial charge in [-0.3, -0.25) is 4.18 Å². The van der Waals surface area contributed by atoms with E-state index in [0.29, 0.717) is 12.3 Å². The topological polar surface area (TPSA) is 43.4 Å². The third kappa shape index (κ3) is 6.91. The number of hydrogen-bond acceptors (Lipinski definition) is 3. The Bertz CT molecular complexity index is 223. The summed E-state index contributed by atoms with van der Waals surface area (Å²) in [5.41, 5.74) is 0. The molecule has 6 heteroatoms. The van der Waals surface area contributed by atoms with E-state index in [4.69, 9.17) is 23.2 Å². The normalized spacial score (nSPS) is 12.5. The van der Waals surface area contributed by atoms with Crippen molar-refractivity contribution in [1.82, 2.24) is 0 Å². The summed E-state index contributed by atoms with van der Waals surface area (Å²) < 4.78 is 26.1. The van der Waals surface area contributed by atoms with Crippen molar-refractivity contribution in [3.63, 3.8) is 0 Å². The van der Waals surface area contributed by atoms with E-state index in [9.17, 15) is 8.42 Å². The SMILES string of the molecule is O=S(=O)(C=CCCCl)OCCCl. The molecule has 0 heterocycles. The van der Waals surface area contributed by atoms with Crippen LogP contribution < -0.4 is 0 Å². The molecule has 0 unspecified atom stereocenters. The molecule has 3 nitrogen and oxygen atoms in total. The highest BCUT2D eigenvalue weighted by Gasteiger charge is 2.03. The lowest BCUT2D eigenvalue weighted by Gasteiger charge is -1.96. The number of halogens is 2. The first-order valence-electron chi connectivity index (χ1n) is 3.30. The summed E-state index contributed by atoms with van der Waals surface area (Å²) in [4.78, 5) is 0. The van der Waals surface area contributed by atoms with Crippen molar-refractivity contribution >= 4 is 33.3 Å². The van der Waals surface area contributed by atoms with Crippen molar-refractivity contribution in [2.45, 2.75) is 6.42 Å². The summed E-state index contributed by atoms with van der Waals surface area (Å²) >= 11 is 10.6. The molecule has 0 radical (unpaired) electrons. The predicted molar refractivity (Wildman–Crippen MR) is 50.1 cm³/mol. The molecule has 0 aromatic rings. The first kappa shape index (κ1) is 12.2. The fraction of sp³-hybridized carbons (Fsp3) is 0.667. The Hall–Kier alpha value is 0.230. The molecule has 0 rings (SSSR count). The van der Waals surface area contributed by atoms with Gasteiger partial charge in [0.15, 0.2) is 0 Å². The Morgan fingerprint density at radius 2 is 1.92 bits per heavy atom. The van der Waals surface area contributed by atoms with Crippen molar-refractivity contribution in [3.05, 3.63) is 11.5 Å². The number of alkyl halides is 2. The first-order valence-corrected chi connectivity index (χ1v) is 5.84. The number of allylic oxidation sites excluding steroid dienone is 1. The van der Waals surface area contributed by atoms with Crippen molar-refractivity contribution in [3.8, 4) is 0 Å². The van der Waals surface area contributed by atoms with Crippen LogP contribution in [0, 0.1) is 0 Å². The maximum absolute atomic E-state index is 10.9. The van der Waals surface area contributed by atoms with Crippen LogP contribution in [0.4, 0.5) is 0 Å². The lowest BCUT2D eigenvalue weighted by molar-refractivity contribution is 0.347. The van der Waals surface area contributed by atoms with Crippen LogP contribution in [-0.4, -0.2) is 26.8 Å². The molecule has 0 aliphatic rings. The Morgan fingerprint density at radius 3 is 2.42 bits per heavy atom. The van der Waals surface area contributed by atoms with Gasteiger partial charge in [0.2, 0.25) is 0 Å². The van der Waals surface area contributed by atoms with Crippen LogP contribution in [0.5, 0.6) is 0 Å². The van der Waals surface area contributed by atoms with Gasteiger partial charge in [0, 0.05) is 11.8 Å². The van der Waals surface area contributed by atoms with E-state index in [-0.39, 0.29) is 12.5 Å². The highest BCUT2D eigenvalue weighted by Crippen LogP contribution is 1.97. The zero-order valence-corrected chi connectivity index (χ0v) is 8.70. The molecule has 12 heavy (non-hydrogen) atoms. The third-order valence-electron chi connectivity index (χ3n) is 0.863. The molecular formula is C6H10Cl2O3S. The molecule has 0 aliphatic carbocycles. The summed E-state index contributed by atoms with van der Waals surface area (Å²) in [5.74, 6) is 0.546. The van der Waals surface area contributed by atoms with Crippen LogP contribution in [-0.2, 0) is 14.3 Å². The molecule has 0 aliphatic heterocycles. The van der Waals surface area contributed by atoms with E-state index in [1.807, 2.05) is 0 Å². The van der Waals surface area contributed by atoms with Crippen molar-refractivity contribution in [1.29, 1.82) is 0 Å². The average molecular weight is 233 g/mol. The molecule has 0 saturated heterocycles. The number of rotatable bonds is 6. The van der Waals surface area contributed by atoms with Crippen LogP contribution in [0.15, 0.2) is 11.5 Å². The molecule has 0 N–H and O–H groups in total. The molecule has 0 bridgehead atoms. The summed E-state index contributed by atoms with van der Waals surface area (Å²) in [6, 6.07) is 0. The standard InChI is InChI=1S/C6H10Cl2O3S/c7-3-1-2-6-12(9,10)11-5-4-8/h2,6H,1,3-5H2. The molecule has 72 valence electrons. The minimum Gasteiger partial charge on any atom is -0.266 e. The highest BCUT2D eigenvalue weighted by molar-refractivity contribution is 7.89. The summed E-state index contributed by atoms with van der Waals surface area (Å²) in [7, 11) is -3.54. The minimum atomic E-state index is -3.54. The van der Waals surface area contributed by atoms with Crippen LogP contribution >= 0.6 is 23.2 Å². The summed E-state index contributed by atoms with van der Waals surface area (Å²) in [6.45, 7) is -0.00486. The van der Waals surface area contributed by atoms with E-state index in [1.54, 1.807) is 0 Å². The summed E-state index contributed by atoms with van der Waals surface area (Å²) in [6.07, 6.45) is 1.95. The lowest BCUT2D eigenvalue weighted by atomic mass is 10.5. The Balaban J connectivity index is 3.87. The molecule has 0 atom stereocenters. The maximum Gasteiger partial charge on any atom is 0.289 e. The van der Waals surface area contributed by atoms with Gasteiger partial charge in [-0.05, 0) is 6.42 Å². The summed E-state index contributed by atoms with van der Waals surface area (Å²) in [5, 5.41) is 0.988. The van der Waals surface area contributed by atoms with Crippen LogP contribution in [0.25, 0.3) is 0 Å². The second-order valence-electron chi connectivity index (χ2n) is 1.85. The number of hydrogen-bond donors (Lipinski definition) is 0. The Labute approximate surface area is 82.4 Å². The Kier molecular flexibility index (Phi) is 6.84. The Morgan fingerprint density at radius 1 is 1.25 bits per heavy atom. The molecule has 0 fully saturated rings. The monoisotopic (exact) mass is 232 g/mol. The van der Waals surface area contributed by atoms with Crippen molar-refractivity contribution in [2.75, 3.05) is 18.4 Å². The quantitative estimate of drug-likeness (QED) is 0.518. The maximum atomic E-state index is 10.9. The highest BCUT2D eigenvalue weighted by atomic mass is 35.5. The van der Waals surface area contributed by atoms with Gasteiger partial charge < -0.3 is 0 Å². The smallest absolute Gasteiger partial charge is 0.266 e. The van der Waals surface area contributed by atoms with E-state index in [2.05, 4.69) is 4.18 Å². The average Bonchev–Trinajstić information content (AvgIpc) is 2.01. The van der Waals surface area contributed by atoms with E-state index >= 15 is 0 Å². The van der Waals surface area contributed by atoms with Crippen molar-refractivity contribution in [2.24, 2.45) is 0 Å². The van der Waals surface area contributed by atoms with Gasteiger partial charge in [0.1, 0.15) is 0 Å². The van der Waals surface area contributed by atoms with E-state index in [1.165, 1.54) is 6.08 Å². The molecule has 0 aromatic carbocycles. The van der Waals surface area contributed by atoms with Gasteiger partial charge in [-0.2, -0.15) is 8.42 Å². The predicted octanol–water partition coefficient (Wildman–Crippen LogP) is 1.71. The second-order valence-corrected chi connectivity index (χ2v) is 4.10. The fourth-order valence-corrected chi connectivity index (χ4v) is 1.50. The zero-order chi connectivity index (χ0) is 9.45. The van der Waals surface area contributed by atoms with Crippen LogP contribution in [0.1, 0.15) is 6.42 Å². The molecule has 0 spiro atoms. The van der Waals surface area contributed by atoms with Crippen molar-refractivity contribution < 1.29 is 12.6 Å². The van der Waals surface area contributed by atoms with Crippen LogP contribution in [0.3, 0.4) is 0 Å². The van der Waals surface area contributed by atoms with Gasteiger partial charge in [-0.15, -0.1) is 23.2 Å². The molecule has 0 saturated carbocycles. The van der Waals surface area contributed by atoms with E-state index in [0.717, 1.165) is 5.41 Å². The first-order chi connectivity index (χ1) is 5.62. The third-order valence-corrected chi connectivity index (χ3v) is 2.26. The molecule has 0 aromatic heterocycles. The van der Waals surface area contributed by atoms with Gasteiger partial charge >= 0.3 is 0 Å². The molecular weight excluding hydrogens is 223 g/mol. The second kappa shape index (κ2) is 6.71. The lowest BCUT2D eigenvalue weighted by Crippen LogP contribution is -2.04. The largest absolute Gasteiger partial charge is 0.289 e. The van der Waals surface area contributed by atoms with Gasteiger partial charge in [-0.1, -0.05) is 6.08 Å². The fourth-order valence-electron chi connectivity index (χ4n) is 0.436. The van der Waals surface area contributed by atoms with Crippen LogP contribution in [0.2, 0.25) is 0 Å². The molecule has 0 amide bonds.